The highest BCUT2D eigenvalue weighted by molar-refractivity contribution is 7.20. The molecule has 0 amide bonds. The van der Waals surface area contributed by atoms with Crippen LogP contribution >= 0.6 is 11.3 Å². The maximum atomic E-state index is 13.8. The smallest absolute Gasteiger partial charge is 0.197 e. The lowest BCUT2D eigenvalue weighted by Gasteiger charge is -2.12. The maximum absolute atomic E-state index is 13.8. The molecule has 0 bridgehead atoms. The van der Waals surface area contributed by atoms with Gasteiger partial charge in [-0.2, -0.15) is 10.4 Å². The van der Waals surface area contributed by atoms with Crippen molar-refractivity contribution in [2.45, 2.75) is 19.4 Å². The monoisotopic (exact) mass is 487 g/mol. The molecular weight excluding hydrogens is 466 g/mol. The molecular formula is C29H21N5OS. The van der Waals surface area contributed by atoms with Gasteiger partial charge < -0.3 is 4.57 Å². The molecule has 1 atom stereocenters. The lowest BCUT2D eigenvalue weighted by Crippen LogP contribution is -2.16. The van der Waals surface area contributed by atoms with Gasteiger partial charge in [-0.05, 0) is 42.8 Å². The number of nitrogens with zero attached hydrogens (tertiary/aromatic N) is 5. The average Bonchev–Trinajstić information content (AvgIpc) is 3.59. The number of hydrogen-bond donors (Lipinski definition) is 0. The second-order valence-corrected chi connectivity index (χ2v) is 9.65. The molecule has 0 radical (unpaired) electrons. The Morgan fingerprint density at radius 1 is 1.00 bits per heavy atom. The molecule has 3 aromatic heterocycles. The van der Waals surface area contributed by atoms with E-state index in [1.54, 1.807) is 0 Å². The van der Waals surface area contributed by atoms with Crippen molar-refractivity contribution in [3.05, 3.63) is 113 Å². The highest BCUT2D eigenvalue weighted by atomic mass is 32.1. The minimum absolute atomic E-state index is 0.248. The van der Waals surface area contributed by atoms with E-state index in [0.29, 0.717) is 17.2 Å². The number of aromatic nitrogens is 4. The number of ketones is 1. The zero-order valence-electron chi connectivity index (χ0n) is 19.5. The molecule has 0 saturated heterocycles. The van der Waals surface area contributed by atoms with Crippen LogP contribution in [-0.2, 0) is 6.54 Å². The van der Waals surface area contributed by atoms with E-state index in [0.717, 1.165) is 38.2 Å². The van der Waals surface area contributed by atoms with Gasteiger partial charge in [-0.15, -0.1) is 11.3 Å². The van der Waals surface area contributed by atoms with E-state index in [9.17, 15) is 10.1 Å². The highest BCUT2D eigenvalue weighted by Crippen LogP contribution is 2.34. The highest BCUT2D eigenvalue weighted by Gasteiger charge is 2.30. The number of thiophene rings is 1. The quantitative estimate of drug-likeness (QED) is 0.259. The first-order chi connectivity index (χ1) is 17.6. The number of hydrogen-bond acceptors (Lipinski definition) is 5. The largest absolute Gasteiger partial charge is 0.322 e. The molecule has 0 unspecified atom stereocenters. The molecule has 6 nitrogen and oxygen atoms in total. The fourth-order valence-corrected chi connectivity index (χ4v) is 5.69. The van der Waals surface area contributed by atoms with Gasteiger partial charge >= 0.3 is 0 Å². The Hall–Kier alpha value is -4.54. The van der Waals surface area contributed by atoms with E-state index >= 15 is 0 Å². The Balaban J connectivity index is 1.44. The summed E-state index contributed by atoms with van der Waals surface area (Å²) in [5, 5.41) is 15.8. The van der Waals surface area contributed by atoms with Crippen molar-refractivity contribution in [3.8, 4) is 11.8 Å². The molecule has 0 spiro atoms. The van der Waals surface area contributed by atoms with Crippen LogP contribution in [0, 0.1) is 18.3 Å². The van der Waals surface area contributed by atoms with Crippen LogP contribution in [0.3, 0.4) is 0 Å². The number of Topliss-reactive ketones (excluding diaryl/α,β-unsaturated/α-hetero) is 1. The number of imidazole rings is 1. The molecule has 0 saturated carbocycles. The van der Waals surface area contributed by atoms with Crippen LogP contribution < -0.4 is 0 Å². The first kappa shape index (κ1) is 22.0. The van der Waals surface area contributed by atoms with Gasteiger partial charge in [0, 0.05) is 11.9 Å². The predicted octanol–water partition coefficient (Wildman–Crippen LogP) is 6.28. The Morgan fingerprint density at radius 2 is 1.69 bits per heavy atom. The second kappa shape index (κ2) is 8.91. The van der Waals surface area contributed by atoms with E-state index in [4.69, 9.17) is 4.98 Å². The SMILES string of the molecule is Cc1nn(-c2ccccc2)c2sc(C(=O)[C@@H](C#N)c3nc4ccccc4n3Cc3ccccc3)cc12. The minimum Gasteiger partial charge on any atom is -0.322 e. The normalized spacial score (nSPS) is 12.1. The Kier molecular flexibility index (Phi) is 5.44. The molecule has 7 heteroatoms. The first-order valence-electron chi connectivity index (χ1n) is 11.6. The van der Waals surface area contributed by atoms with Crippen LogP contribution in [0.1, 0.15) is 32.7 Å². The summed E-state index contributed by atoms with van der Waals surface area (Å²) in [7, 11) is 0. The first-order valence-corrected chi connectivity index (χ1v) is 12.4. The lowest BCUT2D eigenvalue weighted by molar-refractivity contribution is 0.0979. The number of benzene rings is 3. The van der Waals surface area contributed by atoms with Crippen LogP contribution in [0.2, 0.25) is 0 Å². The van der Waals surface area contributed by atoms with Crippen LogP contribution in [0.15, 0.2) is 91.0 Å². The standard InChI is InChI=1S/C29H21N5OS/c1-19-22-16-26(36-29(22)34(32-19)21-12-6-3-7-13-21)27(35)23(17-30)28-31-24-14-8-9-15-25(24)33(28)18-20-10-4-2-5-11-20/h2-16,23H,18H2,1H3/t23-/m1/s1. The third-order valence-corrected chi connectivity index (χ3v) is 7.43. The summed E-state index contributed by atoms with van der Waals surface area (Å²) in [5.74, 6) is -0.809. The number of nitriles is 1. The van der Waals surface area contributed by atoms with Crippen molar-refractivity contribution in [3.63, 3.8) is 0 Å². The summed E-state index contributed by atoms with van der Waals surface area (Å²) < 4.78 is 3.85. The molecule has 6 aromatic rings. The van der Waals surface area contributed by atoms with Gasteiger partial charge in [-0.1, -0.05) is 60.7 Å². The molecule has 0 aliphatic carbocycles. The van der Waals surface area contributed by atoms with Crippen molar-refractivity contribution in [2.75, 3.05) is 0 Å². The molecule has 36 heavy (non-hydrogen) atoms. The molecule has 6 rings (SSSR count). The van der Waals surface area contributed by atoms with Crippen LogP contribution in [-0.4, -0.2) is 25.1 Å². The van der Waals surface area contributed by atoms with Crippen molar-refractivity contribution in [2.24, 2.45) is 0 Å². The molecule has 3 heterocycles. The molecule has 0 aliphatic rings. The Labute approximate surface area is 211 Å². The molecule has 0 aliphatic heterocycles. The van der Waals surface area contributed by atoms with E-state index < -0.39 is 5.92 Å². The molecule has 0 fully saturated rings. The fraction of sp³-hybridized carbons (Fsp3) is 0.103. The summed E-state index contributed by atoms with van der Waals surface area (Å²) in [6.07, 6.45) is 0. The van der Waals surface area contributed by atoms with Crippen molar-refractivity contribution >= 4 is 38.4 Å². The van der Waals surface area contributed by atoms with E-state index in [-0.39, 0.29) is 5.78 Å². The number of fused-ring (bicyclic) bond motifs is 2. The zero-order valence-corrected chi connectivity index (χ0v) is 20.3. The van der Waals surface area contributed by atoms with Gasteiger partial charge in [-0.3, -0.25) is 4.79 Å². The van der Waals surface area contributed by atoms with Gasteiger partial charge in [0.05, 0.1) is 33.4 Å². The summed E-state index contributed by atoms with van der Waals surface area (Å²) in [5.41, 5.74) is 4.51. The molecule has 174 valence electrons. The third-order valence-electron chi connectivity index (χ3n) is 6.31. The topological polar surface area (TPSA) is 76.5 Å². The second-order valence-electron chi connectivity index (χ2n) is 8.62. The van der Waals surface area contributed by atoms with Crippen LogP contribution in [0.25, 0.3) is 26.9 Å². The van der Waals surface area contributed by atoms with E-state index in [2.05, 4.69) is 11.2 Å². The van der Waals surface area contributed by atoms with Gasteiger partial charge in [0.15, 0.2) is 11.7 Å². The number of aryl methyl sites for hydroxylation is 1. The Bertz CT molecular complexity index is 1760. The van der Waals surface area contributed by atoms with Gasteiger partial charge in [0.25, 0.3) is 0 Å². The maximum Gasteiger partial charge on any atom is 0.197 e. The lowest BCUT2D eigenvalue weighted by atomic mass is 10.0. The van der Waals surface area contributed by atoms with Crippen molar-refractivity contribution in [1.29, 1.82) is 5.26 Å². The number of rotatable bonds is 6. The summed E-state index contributed by atoms with van der Waals surface area (Å²) in [6.45, 7) is 2.46. The fourth-order valence-electron chi connectivity index (χ4n) is 4.54. The Morgan fingerprint density at radius 3 is 2.44 bits per heavy atom. The van der Waals surface area contributed by atoms with Crippen LogP contribution in [0.5, 0.6) is 0 Å². The summed E-state index contributed by atoms with van der Waals surface area (Å²) >= 11 is 1.37. The van der Waals surface area contributed by atoms with Gasteiger partial charge in [0.2, 0.25) is 0 Å². The number of carbonyl (C=O) groups excluding carboxylic acids is 1. The number of para-hydroxylation sites is 3. The summed E-state index contributed by atoms with van der Waals surface area (Å²) in [4.78, 5) is 20.0. The zero-order chi connectivity index (χ0) is 24.6. The predicted molar refractivity (Wildman–Crippen MR) is 142 cm³/mol. The average molecular weight is 488 g/mol. The van der Waals surface area contributed by atoms with E-state index in [1.807, 2.05) is 107 Å². The van der Waals surface area contributed by atoms with Crippen LogP contribution in [0.4, 0.5) is 0 Å². The number of carbonyl (C=O) groups is 1. The van der Waals surface area contributed by atoms with E-state index in [1.165, 1.54) is 11.3 Å². The third kappa shape index (κ3) is 3.69. The minimum atomic E-state index is -1.03. The van der Waals surface area contributed by atoms with Crippen molar-refractivity contribution in [1.82, 2.24) is 19.3 Å². The molecule has 3 aromatic carbocycles. The van der Waals surface area contributed by atoms with Gasteiger partial charge in [0.1, 0.15) is 10.7 Å². The summed E-state index contributed by atoms with van der Waals surface area (Å²) in [6, 6.07) is 31.7. The molecule has 0 N–H and O–H groups in total. The van der Waals surface area contributed by atoms with Crippen molar-refractivity contribution < 1.29 is 4.79 Å². The van der Waals surface area contributed by atoms with Gasteiger partial charge in [-0.25, -0.2) is 9.67 Å².